The summed E-state index contributed by atoms with van der Waals surface area (Å²) in [7, 11) is 2.18. The third-order valence-corrected chi connectivity index (χ3v) is 3.62. The van der Waals surface area contributed by atoms with Gasteiger partial charge in [-0.15, -0.1) is 0 Å². The van der Waals surface area contributed by atoms with Gasteiger partial charge < -0.3 is 9.73 Å². The maximum absolute atomic E-state index is 5.33. The molecule has 98 valence electrons. The Kier molecular flexibility index (Phi) is 5.72. The maximum Gasteiger partial charge on any atom is 0.105 e. The summed E-state index contributed by atoms with van der Waals surface area (Å²) in [5, 5.41) is 3.41. The van der Waals surface area contributed by atoms with E-state index in [1.807, 2.05) is 6.92 Å². The second-order valence-electron chi connectivity index (χ2n) is 4.94. The van der Waals surface area contributed by atoms with Crippen LogP contribution in [0.3, 0.4) is 0 Å². The zero-order valence-electron chi connectivity index (χ0n) is 11.8. The third-order valence-electron chi connectivity index (χ3n) is 3.62. The third kappa shape index (κ3) is 4.17. The number of rotatable bonds is 7. The fourth-order valence-electron chi connectivity index (χ4n) is 1.96. The second kappa shape index (κ2) is 6.82. The highest BCUT2D eigenvalue weighted by Gasteiger charge is 2.17. The van der Waals surface area contributed by atoms with Crippen LogP contribution in [0.1, 0.15) is 32.1 Å². The van der Waals surface area contributed by atoms with Crippen molar-refractivity contribution < 1.29 is 4.42 Å². The van der Waals surface area contributed by atoms with Crippen LogP contribution in [0.25, 0.3) is 0 Å². The lowest BCUT2D eigenvalue weighted by atomic mass is 10.0. The Labute approximate surface area is 105 Å². The monoisotopic (exact) mass is 238 g/mol. The summed E-state index contributed by atoms with van der Waals surface area (Å²) >= 11 is 0. The smallest absolute Gasteiger partial charge is 0.105 e. The molecule has 3 heteroatoms. The molecule has 2 unspecified atom stereocenters. The van der Waals surface area contributed by atoms with Crippen molar-refractivity contribution in [1.29, 1.82) is 0 Å². The van der Waals surface area contributed by atoms with Gasteiger partial charge in [-0.3, -0.25) is 4.90 Å². The van der Waals surface area contributed by atoms with Crippen LogP contribution in [0.5, 0.6) is 0 Å². The van der Waals surface area contributed by atoms with Gasteiger partial charge in [-0.2, -0.15) is 0 Å². The van der Waals surface area contributed by atoms with E-state index in [2.05, 4.69) is 44.1 Å². The molecule has 0 aliphatic heterocycles. The molecule has 0 radical (unpaired) electrons. The van der Waals surface area contributed by atoms with Crippen LogP contribution < -0.4 is 5.32 Å². The van der Waals surface area contributed by atoms with Gasteiger partial charge in [0.1, 0.15) is 5.76 Å². The molecule has 0 spiro atoms. The van der Waals surface area contributed by atoms with Crippen molar-refractivity contribution in [3.05, 3.63) is 23.7 Å². The van der Waals surface area contributed by atoms with E-state index in [0.29, 0.717) is 12.0 Å². The van der Waals surface area contributed by atoms with E-state index in [1.165, 1.54) is 5.56 Å². The SMILES string of the molecule is CCNCC(C)C(C)N(C)Cc1ccoc1C. The van der Waals surface area contributed by atoms with Crippen LogP contribution in [-0.4, -0.2) is 31.1 Å². The molecule has 0 saturated carbocycles. The highest BCUT2D eigenvalue weighted by atomic mass is 16.3. The molecular weight excluding hydrogens is 212 g/mol. The average molecular weight is 238 g/mol. The van der Waals surface area contributed by atoms with Gasteiger partial charge in [0.05, 0.1) is 6.26 Å². The Hall–Kier alpha value is -0.800. The minimum absolute atomic E-state index is 0.559. The number of hydrogen-bond acceptors (Lipinski definition) is 3. The summed E-state index contributed by atoms with van der Waals surface area (Å²) in [6, 6.07) is 2.62. The van der Waals surface area contributed by atoms with Crippen molar-refractivity contribution in [3.63, 3.8) is 0 Å². The number of hydrogen-bond donors (Lipinski definition) is 1. The molecule has 0 bridgehead atoms. The lowest BCUT2D eigenvalue weighted by molar-refractivity contribution is 0.188. The summed E-state index contributed by atoms with van der Waals surface area (Å²) in [4.78, 5) is 2.39. The predicted molar refractivity (Wildman–Crippen MR) is 72.1 cm³/mol. The molecule has 0 amide bonds. The lowest BCUT2D eigenvalue weighted by Gasteiger charge is -2.29. The van der Waals surface area contributed by atoms with Crippen LogP contribution in [0.15, 0.2) is 16.7 Å². The first-order valence-electron chi connectivity index (χ1n) is 6.50. The first kappa shape index (κ1) is 14.3. The molecule has 0 fully saturated rings. The van der Waals surface area contributed by atoms with Crippen LogP contribution in [-0.2, 0) is 6.54 Å². The van der Waals surface area contributed by atoms with Gasteiger partial charge in [-0.1, -0.05) is 13.8 Å². The van der Waals surface area contributed by atoms with E-state index >= 15 is 0 Å². The molecule has 1 heterocycles. The van der Waals surface area contributed by atoms with Crippen molar-refractivity contribution in [2.75, 3.05) is 20.1 Å². The van der Waals surface area contributed by atoms with Gasteiger partial charge >= 0.3 is 0 Å². The standard InChI is InChI=1S/C14H26N2O/c1-6-15-9-11(2)12(3)16(5)10-14-7-8-17-13(14)4/h7-8,11-12,15H,6,9-10H2,1-5H3. The fourth-order valence-corrected chi connectivity index (χ4v) is 1.96. The molecule has 0 saturated heterocycles. The van der Waals surface area contributed by atoms with Gasteiger partial charge in [-0.25, -0.2) is 0 Å². The minimum atomic E-state index is 0.559. The van der Waals surface area contributed by atoms with Crippen LogP contribution in [0.4, 0.5) is 0 Å². The Bertz CT molecular complexity index is 322. The van der Waals surface area contributed by atoms with E-state index in [4.69, 9.17) is 4.42 Å². The summed E-state index contributed by atoms with van der Waals surface area (Å²) < 4.78 is 5.33. The van der Waals surface area contributed by atoms with E-state index in [9.17, 15) is 0 Å². The minimum Gasteiger partial charge on any atom is -0.469 e. The zero-order chi connectivity index (χ0) is 12.8. The Morgan fingerprint density at radius 3 is 2.65 bits per heavy atom. The molecule has 1 aromatic rings. The number of aryl methyl sites for hydroxylation is 1. The predicted octanol–water partition coefficient (Wildman–Crippen LogP) is 2.65. The maximum atomic E-state index is 5.33. The fraction of sp³-hybridized carbons (Fsp3) is 0.714. The molecule has 1 N–H and O–H groups in total. The summed E-state index contributed by atoms with van der Waals surface area (Å²) in [6.45, 7) is 11.8. The van der Waals surface area contributed by atoms with Crippen molar-refractivity contribution in [2.24, 2.45) is 5.92 Å². The first-order chi connectivity index (χ1) is 8.06. The second-order valence-corrected chi connectivity index (χ2v) is 4.94. The number of nitrogens with one attached hydrogen (secondary N) is 1. The molecule has 0 aliphatic rings. The summed E-state index contributed by atoms with van der Waals surface area (Å²) in [5.41, 5.74) is 1.29. The lowest BCUT2D eigenvalue weighted by Crippen LogP contribution is -2.38. The van der Waals surface area contributed by atoms with Crippen molar-refractivity contribution in [2.45, 2.75) is 40.3 Å². The normalized spacial score (nSPS) is 15.2. The van der Waals surface area contributed by atoms with Gasteiger partial charge in [0.25, 0.3) is 0 Å². The molecule has 1 rings (SSSR count). The van der Waals surface area contributed by atoms with Crippen LogP contribution in [0.2, 0.25) is 0 Å². The highest BCUT2D eigenvalue weighted by Crippen LogP contribution is 2.15. The van der Waals surface area contributed by atoms with Crippen LogP contribution in [0, 0.1) is 12.8 Å². The topological polar surface area (TPSA) is 28.4 Å². The summed E-state index contributed by atoms with van der Waals surface area (Å²) in [6.07, 6.45) is 1.77. The van der Waals surface area contributed by atoms with Gasteiger partial charge in [-0.05, 0) is 46.0 Å². The van der Waals surface area contributed by atoms with Gasteiger partial charge in [0, 0.05) is 18.2 Å². The van der Waals surface area contributed by atoms with E-state index in [-0.39, 0.29) is 0 Å². The average Bonchev–Trinajstić information content (AvgIpc) is 2.70. The van der Waals surface area contributed by atoms with Gasteiger partial charge in [0.2, 0.25) is 0 Å². The summed E-state index contributed by atoms with van der Waals surface area (Å²) in [5.74, 6) is 1.68. The van der Waals surface area contributed by atoms with Crippen LogP contribution >= 0.6 is 0 Å². The molecule has 2 atom stereocenters. The van der Waals surface area contributed by atoms with E-state index in [0.717, 1.165) is 25.4 Å². The molecule has 0 aromatic carbocycles. The zero-order valence-corrected chi connectivity index (χ0v) is 11.8. The van der Waals surface area contributed by atoms with E-state index in [1.54, 1.807) is 6.26 Å². The number of furan rings is 1. The van der Waals surface area contributed by atoms with Crippen molar-refractivity contribution >= 4 is 0 Å². The van der Waals surface area contributed by atoms with Gasteiger partial charge in [0.15, 0.2) is 0 Å². The van der Waals surface area contributed by atoms with Crippen molar-refractivity contribution in [3.8, 4) is 0 Å². The van der Waals surface area contributed by atoms with Crippen molar-refractivity contribution in [1.82, 2.24) is 10.2 Å². The number of nitrogens with zero attached hydrogens (tertiary/aromatic N) is 1. The Morgan fingerprint density at radius 2 is 2.12 bits per heavy atom. The molecule has 3 nitrogen and oxygen atoms in total. The molecular formula is C14H26N2O. The molecule has 1 aromatic heterocycles. The Morgan fingerprint density at radius 1 is 1.41 bits per heavy atom. The quantitative estimate of drug-likeness (QED) is 0.791. The first-order valence-corrected chi connectivity index (χ1v) is 6.50. The molecule has 0 aliphatic carbocycles. The molecule has 17 heavy (non-hydrogen) atoms. The largest absolute Gasteiger partial charge is 0.469 e. The Balaban J connectivity index is 2.46. The highest BCUT2D eigenvalue weighted by molar-refractivity contribution is 5.15. The van der Waals surface area contributed by atoms with E-state index < -0.39 is 0 Å².